The summed E-state index contributed by atoms with van der Waals surface area (Å²) in [4.78, 5) is 0.327. The van der Waals surface area contributed by atoms with Crippen LogP contribution < -0.4 is 0 Å². The Labute approximate surface area is 232 Å². The molecule has 2 heterocycles. The smallest absolute Gasteiger partial charge is 0.254 e. The van der Waals surface area contributed by atoms with E-state index in [1.165, 1.54) is 4.68 Å². The van der Waals surface area contributed by atoms with Crippen LogP contribution >= 0.6 is 46.1 Å². The lowest BCUT2D eigenvalue weighted by Gasteiger charge is -2.40. The molecule has 1 saturated carbocycles. The Hall–Kier alpha value is -1.98. The fourth-order valence-electron chi connectivity index (χ4n) is 4.25. The van der Waals surface area contributed by atoms with Crippen molar-refractivity contribution in [2.24, 2.45) is 0 Å². The molecule has 0 radical (unpaired) electrons. The first kappa shape index (κ1) is 26.6. The zero-order chi connectivity index (χ0) is 26.5. The summed E-state index contributed by atoms with van der Waals surface area (Å²) in [6.45, 7) is 1.75. The highest BCUT2D eigenvalue weighted by Gasteiger charge is 2.61. The van der Waals surface area contributed by atoms with E-state index in [0.29, 0.717) is 38.3 Å². The second-order valence-electron chi connectivity index (χ2n) is 8.52. The van der Waals surface area contributed by atoms with E-state index in [1.807, 2.05) is 0 Å². The summed E-state index contributed by atoms with van der Waals surface area (Å²) in [5.74, 6) is 0.242. The number of aromatic nitrogens is 4. The van der Waals surface area contributed by atoms with Crippen molar-refractivity contribution >= 4 is 56.9 Å². The normalized spacial score (nSPS) is 16.0. The molecule has 1 aliphatic carbocycles. The first-order chi connectivity index (χ1) is 17.6. The molecule has 37 heavy (non-hydrogen) atoms. The van der Waals surface area contributed by atoms with Crippen molar-refractivity contribution < 1.29 is 17.4 Å². The molecule has 5 nitrogen and oxygen atoms in total. The molecule has 1 unspecified atom stereocenters. The average molecular weight is 606 g/mol. The molecule has 0 aliphatic heterocycles. The van der Waals surface area contributed by atoms with Gasteiger partial charge in [-0.2, -0.15) is 18.3 Å². The van der Waals surface area contributed by atoms with E-state index in [4.69, 9.17) is 39.9 Å². The Balaban J connectivity index is 1.77. The van der Waals surface area contributed by atoms with Gasteiger partial charge in [-0.25, -0.2) is 4.68 Å². The highest BCUT2D eigenvalue weighted by Crippen LogP contribution is 2.55. The summed E-state index contributed by atoms with van der Waals surface area (Å²) in [7, 11) is -1.57. The fourth-order valence-corrected chi connectivity index (χ4v) is 7.10. The lowest BCUT2D eigenvalue weighted by molar-refractivity contribution is -0.212. The van der Waals surface area contributed by atoms with Gasteiger partial charge in [0.1, 0.15) is 16.1 Å². The van der Waals surface area contributed by atoms with Gasteiger partial charge in [0.2, 0.25) is 0 Å². The molecule has 194 valence electrons. The van der Waals surface area contributed by atoms with Gasteiger partial charge in [0.05, 0.1) is 32.1 Å². The zero-order valence-corrected chi connectivity index (χ0v) is 23.1. The van der Waals surface area contributed by atoms with Crippen LogP contribution in [0.5, 0.6) is 0 Å². The predicted molar refractivity (Wildman–Crippen MR) is 141 cm³/mol. The monoisotopic (exact) mass is 604 g/mol. The van der Waals surface area contributed by atoms with Crippen LogP contribution in [0, 0.1) is 0 Å². The highest BCUT2D eigenvalue weighted by atomic mass is 35.5. The summed E-state index contributed by atoms with van der Waals surface area (Å²) in [6.07, 6.45) is -4.06. The van der Waals surface area contributed by atoms with Crippen LogP contribution in [-0.4, -0.2) is 36.1 Å². The van der Waals surface area contributed by atoms with E-state index in [-0.39, 0.29) is 39.3 Å². The van der Waals surface area contributed by atoms with Crippen molar-refractivity contribution in [1.82, 2.24) is 20.0 Å². The van der Waals surface area contributed by atoms with Gasteiger partial charge in [0.25, 0.3) is 0 Å². The van der Waals surface area contributed by atoms with Crippen LogP contribution in [0.4, 0.5) is 13.2 Å². The minimum absolute atomic E-state index is 0.0380. The van der Waals surface area contributed by atoms with Crippen LogP contribution in [0.25, 0.3) is 27.6 Å². The summed E-state index contributed by atoms with van der Waals surface area (Å²) in [5.41, 5.74) is -0.263. The standard InChI is InChI=1S/C24H18Cl3F3N4OS2/c1-2-37(35)20-18(21-31-32-22(36-21)23(10-3-11-23)24(28,29)30)33-34(17-9-8-15(26)12-16(17)27)19(20)13-4-6-14(25)7-5-13/h4-9,12H,2-3,10-11H2,1H3. The van der Waals surface area contributed by atoms with E-state index >= 15 is 0 Å². The quantitative estimate of drug-likeness (QED) is 0.223. The number of halogens is 6. The molecule has 5 rings (SSSR count). The maximum absolute atomic E-state index is 14.0. The number of hydrogen-bond acceptors (Lipinski definition) is 5. The SMILES string of the molecule is CCS(=O)c1c(-c2nnc(C3(C(F)(F)F)CCC3)s2)nn(-c2ccc(Cl)cc2Cl)c1-c1ccc(Cl)cc1. The Bertz CT molecular complexity index is 1500. The van der Waals surface area contributed by atoms with Crippen LogP contribution in [0.1, 0.15) is 31.2 Å². The first-order valence-corrected chi connectivity index (χ1v) is 14.5. The Kier molecular flexibility index (Phi) is 7.17. The third-order valence-corrected chi connectivity index (χ3v) is 9.66. The fraction of sp³-hybridized carbons (Fsp3) is 0.292. The van der Waals surface area contributed by atoms with E-state index in [2.05, 4.69) is 10.2 Å². The number of alkyl halides is 3. The van der Waals surface area contributed by atoms with Crippen molar-refractivity contribution in [3.05, 3.63) is 62.5 Å². The third kappa shape index (κ3) is 4.61. The van der Waals surface area contributed by atoms with E-state index in [0.717, 1.165) is 11.3 Å². The predicted octanol–water partition coefficient (Wildman–Crippen LogP) is 8.13. The highest BCUT2D eigenvalue weighted by molar-refractivity contribution is 7.85. The largest absolute Gasteiger partial charge is 0.400 e. The Morgan fingerprint density at radius 2 is 1.73 bits per heavy atom. The third-order valence-electron chi connectivity index (χ3n) is 6.37. The molecule has 2 aromatic carbocycles. The number of hydrogen-bond donors (Lipinski definition) is 0. The van der Waals surface area contributed by atoms with Crippen molar-refractivity contribution in [3.8, 4) is 27.6 Å². The van der Waals surface area contributed by atoms with Gasteiger partial charge in [0.15, 0.2) is 5.01 Å². The molecule has 0 spiro atoms. The zero-order valence-electron chi connectivity index (χ0n) is 19.2. The van der Waals surface area contributed by atoms with Crippen LogP contribution in [0.2, 0.25) is 15.1 Å². The van der Waals surface area contributed by atoms with Crippen molar-refractivity contribution in [2.75, 3.05) is 5.75 Å². The van der Waals surface area contributed by atoms with Crippen molar-refractivity contribution in [1.29, 1.82) is 0 Å². The molecule has 4 aromatic rings. The molecular weight excluding hydrogens is 588 g/mol. The van der Waals surface area contributed by atoms with Gasteiger partial charge in [-0.15, -0.1) is 10.2 Å². The second-order valence-corrected chi connectivity index (χ2v) is 12.5. The van der Waals surface area contributed by atoms with Crippen molar-refractivity contribution in [2.45, 2.75) is 42.7 Å². The van der Waals surface area contributed by atoms with Crippen LogP contribution in [0.15, 0.2) is 47.4 Å². The molecule has 13 heteroatoms. The van der Waals surface area contributed by atoms with Gasteiger partial charge >= 0.3 is 6.18 Å². The second kappa shape index (κ2) is 9.96. The topological polar surface area (TPSA) is 60.7 Å². The van der Waals surface area contributed by atoms with Gasteiger partial charge < -0.3 is 0 Å². The molecule has 1 atom stereocenters. The van der Waals surface area contributed by atoms with Crippen molar-refractivity contribution in [3.63, 3.8) is 0 Å². The van der Waals surface area contributed by atoms with Crippen LogP contribution in [0.3, 0.4) is 0 Å². The molecule has 1 fully saturated rings. The first-order valence-electron chi connectivity index (χ1n) is 11.2. The maximum Gasteiger partial charge on any atom is 0.400 e. The minimum Gasteiger partial charge on any atom is -0.254 e. The average Bonchev–Trinajstić information content (AvgIpc) is 3.43. The molecule has 0 amide bonds. The lowest BCUT2D eigenvalue weighted by Crippen LogP contribution is -2.47. The maximum atomic E-state index is 14.0. The number of benzene rings is 2. The Morgan fingerprint density at radius 3 is 2.30 bits per heavy atom. The van der Waals surface area contributed by atoms with Gasteiger partial charge in [-0.1, -0.05) is 71.6 Å². The summed E-state index contributed by atoms with van der Waals surface area (Å²) in [6, 6.07) is 11.7. The molecule has 0 N–H and O–H groups in total. The van der Waals surface area contributed by atoms with Gasteiger partial charge in [-0.05, 0) is 43.2 Å². The molecule has 0 bridgehead atoms. The summed E-state index contributed by atoms with van der Waals surface area (Å²) >= 11 is 19.6. The van der Waals surface area contributed by atoms with Gasteiger partial charge in [0, 0.05) is 21.4 Å². The Morgan fingerprint density at radius 1 is 1.05 bits per heavy atom. The minimum atomic E-state index is -4.44. The molecule has 1 aliphatic rings. The molecule has 2 aromatic heterocycles. The van der Waals surface area contributed by atoms with E-state index in [9.17, 15) is 17.4 Å². The van der Waals surface area contributed by atoms with E-state index < -0.39 is 22.4 Å². The van der Waals surface area contributed by atoms with E-state index in [1.54, 1.807) is 49.4 Å². The summed E-state index contributed by atoms with van der Waals surface area (Å²) < 4.78 is 56.9. The van der Waals surface area contributed by atoms with Gasteiger partial charge in [-0.3, -0.25) is 4.21 Å². The molecular formula is C24H18Cl3F3N4OS2. The molecule has 0 saturated heterocycles. The summed E-state index contributed by atoms with van der Waals surface area (Å²) in [5, 5.41) is 14.0. The number of nitrogens with zero attached hydrogens (tertiary/aromatic N) is 4. The lowest BCUT2D eigenvalue weighted by atomic mass is 9.68. The van der Waals surface area contributed by atoms with Crippen LogP contribution in [-0.2, 0) is 16.2 Å². The number of rotatable bonds is 6.